The standard InChI is InChI=1S/C29H44N4O2.C6H6N2O2/c1-4-6-8-10-12-14-22-32(23-15-13-11-9-7-5-2)28-20-21-29(25(3)24-28)31-30-26-16-18-27(19-17-26)33(34)35;7-5-1-3-6(4-2-5)8(9)10/h16-21,24H,4-15,22-23H2,1-3H3;1-4H,7H2/b31-30+;. The summed E-state index contributed by atoms with van der Waals surface area (Å²) in [5.41, 5.74) is 9.74. The van der Waals surface area contributed by atoms with Crippen LogP contribution in [0.1, 0.15) is 96.5 Å². The number of nitrogens with zero attached hydrogens (tertiary/aromatic N) is 5. The van der Waals surface area contributed by atoms with E-state index >= 15 is 0 Å². The molecular formula is C35H50N6O4. The van der Waals surface area contributed by atoms with Crippen LogP contribution in [0.4, 0.5) is 34.1 Å². The molecule has 2 N–H and O–H groups in total. The lowest BCUT2D eigenvalue weighted by molar-refractivity contribution is -0.385. The van der Waals surface area contributed by atoms with Gasteiger partial charge in [-0.3, -0.25) is 20.2 Å². The Labute approximate surface area is 268 Å². The molecule has 0 aromatic heterocycles. The highest BCUT2D eigenvalue weighted by Crippen LogP contribution is 2.28. The molecule has 0 radical (unpaired) electrons. The third-order valence-electron chi connectivity index (χ3n) is 7.55. The van der Waals surface area contributed by atoms with Crippen molar-refractivity contribution in [1.82, 2.24) is 0 Å². The lowest BCUT2D eigenvalue weighted by atomic mass is 10.1. The Hall–Kier alpha value is -4.34. The minimum Gasteiger partial charge on any atom is -0.399 e. The topological polar surface area (TPSA) is 140 Å². The van der Waals surface area contributed by atoms with Crippen molar-refractivity contribution < 1.29 is 9.85 Å². The molecule has 0 heterocycles. The van der Waals surface area contributed by atoms with E-state index in [0.717, 1.165) is 24.3 Å². The number of hydrogen-bond acceptors (Lipinski definition) is 8. The van der Waals surface area contributed by atoms with Gasteiger partial charge in [0.15, 0.2) is 0 Å². The van der Waals surface area contributed by atoms with E-state index in [9.17, 15) is 20.2 Å². The fourth-order valence-corrected chi connectivity index (χ4v) is 4.83. The average Bonchev–Trinajstić information content (AvgIpc) is 3.03. The highest BCUT2D eigenvalue weighted by molar-refractivity contribution is 5.58. The lowest BCUT2D eigenvalue weighted by Gasteiger charge is -2.26. The molecule has 0 aliphatic heterocycles. The van der Waals surface area contributed by atoms with Crippen LogP contribution in [0.3, 0.4) is 0 Å². The number of azo groups is 1. The Kier molecular flexibility index (Phi) is 17.5. The first kappa shape index (κ1) is 36.8. The number of nitrogens with two attached hydrogens (primary N) is 1. The Bertz CT molecular complexity index is 1300. The molecule has 0 amide bonds. The van der Waals surface area contributed by atoms with Gasteiger partial charge in [-0.1, -0.05) is 78.1 Å². The molecule has 45 heavy (non-hydrogen) atoms. The summed E-state index contributed by atoms with van der Waals surface area (Å²) in [4.78, 5) is 22.6. The van der Waals surface area contributed by atoms with Crippen molar-refractivity contribution in [3.05, 3.63) is 92.5 Å². The van der Waals surface area contributed by atoms with Crippen molar-refractivity contribution in [2.24, 2.45) is 10.2 Å². The van der Waals surface area contributed by atoms with E-state index in [1.165, 1.54) is 119 Å². The molecule has 10 heteroatoms. The van der Waals surface area contributed by atoms with Gasteiger partial charge in [0.25, 0.3) is 11.4 Å². The number of nitrogen functional groups attached to an aromatic ring is 1. The van der Waals surface area contributed by atoms with Crippen molar-refractivity contribution in [2.45, 2.75) is 97.8 Å². The third kappa shape index (κ3) is 14.8. The number of benzene rings is 3. The van der Waals surface area contributed by atoms with Gasteiger partial charge in [0, 0.05) is 48.7 Å². The fraction of sp³-hybridized carbons (Fsp3) is 0.486. The Morgan fingerprint density at radius 2 is 1.11 bits per heavy atom. The summed E-state index contributed by atoms with van der Waals surface area (Å²) in [6.45, 7) is 8.80. The summed E-state index contributed by atoms with van der Waals surface area (Å²) in [6.07, 6.45) is 15.7. The maximum absolute atomic E-state index is 10.8. The van der Waals surface area contributed by atoms with Crippen LogP contribution in [0.15, 0.2) is 77.0 Å². The van der Waals surface area contributed by atoms with Gasteiger partial charge in [0.1, 0.15) is 0 Å². The molecular weight excluding hydrogens is 568 g/mol. The van der Waals surface area contributed by atoms with Crippen LogP contribution in [0.2, 0.25) is 0 Å². The van der Waals surface area contributed by atoms with Crippen LogP contribution in [0, 0.1) is 27.2 Å². The van der Waals surface area contributed by atoms with Crippen LogP contribution in [0.5, 0.6) is 0 Å². The van der Waals surface area contributed by atoms with Gasteiger partial charge >= 0.3 is 0 Å². The number of nitro groups is 2. The van der Waals surface area contributed by atoms with Crippen molar-refractivity contribution in [1.29, 1.82) is 0 Å². The smallest absolute Gasteiger partial charge is 0.269 e. The second kappa shape index (κ2) is 21.4. The zero-order valence-corrected chi connectivity index (χ0v) is 27.2. The maximum atomic E-state index is 10.8. The predicted octanol–water partition coefficient (Wildman–Crippen LogP) is 11.0. The SMILES string of the molecule is CCCCCCCCN(CCCCCCCC)c1ccc(/N=N/c2ccc([N+](=O)[O-])cc2)c(C)c1.Nc1ccc([N+](=O)[O-])cc1. The predicted molar refractivity (Wildman–Crippen MR) is 185 cm³/mol. The van der Waals surface area contributed by atoms with Crippen molar-refractivity contribution in [3.8, 4) is 0 Å². The van der Waals surface area contributed by atoms with Crippen LogP contribution < -0.4 is 10.6 Å². The minimum atomic E-state index is -0.459. The second-order valence-corrected chi connectivity index (χ2v) is 11.3. The van der Waals surface area contributed by atoms with E-state index < -0.39 is 9.85 Å². The molecule has 0 aliphatic carbocycles. The van der Waals surface area contributed by atoms with Gasteiger partial charge in [0.2, 0.25) is 0 Å². The molecule has 0 bridgehead atoms. The van der Waals surface area contributed by atoms with Crippen molar-refractivity contribution in [2.75, 3.05) is 23.7 Å². The largest absolute Gasteiger partial charge is 0.399 e. The quantitative estimate of drug-likeness (QED) is 0.0466. The van der Waals surface area contributed by atoms with Gasteiger partial charge in [-0.2, -0.15) is 10.2 Å². The number of unbranched alkanes of at least 4 members (excludes halogenated alkanes) is 10. The van der Waals surface area contributed by atoms with E-state index in [-0.39, 0.29) is 11.4 Å². The molecule has 10 nitrogen and oxygen atoms in total. The normalized spacial score (nSPS) is 10.8. The number of hydrogen-bond donors (Lipinski definition) is 1. The Balaban J connectivity index is 0.000000596. The number of nitro benzene ring substituents is 2. The summed E-state index contributed by atoms with van der Waals surface area (Å²) in [7, 11) is 0. The molecule has 0 fully saturated rings. The van der Waals surface area contributed by atoms with Gasteiger partial charge < -0.3 is 10.6 Å². The Morgan fingerprint density at radius 1 is 0.644 bits per heavy atom. The number of anilines is 2. The molecule has 0 unspecified atom stereocenters. The second-order valence-electron chi connectivity index (χ2n) is 11.3. The minimum absolute atomic E-state index is 0.0558. The van der Waals surface area contributed by atoms with E-state index in [2.05, 4.69) is 48.0 Å². The third-order valence-corrected chi connectivity index (χ3v) is 7.55. The van der Waals surface area contributed by atoms with Gasteiger partial charge in [-0.25, -0.2) is 0 Å². The molecule has 3 aromatic rings. The summed E-state index contributed by atoms with van der Waals surface area (Å²) >= 11 is 0. The zero-order valence-electron chi connectivity index (χ0n) is 27.2. The monoisotopic (exact) mass is 618 g/mol. The van der Waals surface area contributed by atoms with Crippen LogP contribution in [0.25, 0.3) is 0 Å². The van der Waals surface area contributed by atoms with Crippen LogP contribution in [-0.2, 0) is 0 Å². The first-order chi connectivity index (χ1) is 21.7. The molecule has 244 valence electrons. The molecule has 3 rings (SSSR count). The summed E-state index contributed by atoms with van der Waals surface area (Å²) in [6, 6.07) is 18.3. The maximum Gasteiger partial charge on any atom is 0.269 e. The molecule has 0 saturated heterocycles. The molecule has 0 atom stereocenters. The average molecular weight is 619 g/mol. The van der Waals surface area contributed by atoms with E-state index in [1.54, 1.807) is 12.1 Å². The lowest BCUT2D eigenvalue weighted by Crippen LogP contribution is -2.25. The molecule has 0 spiro atoms. The highest BCUT2D eigenvalue weighted by atomic mass is 16.6. The molecule has 0 aliphatic rings. The van der Waals surface area contributed by atoms with Gasteiger partial charge in [-0.05, 0) is 67.8 Å². The number of rotatable bonds is 19. The number of non-ortho nitro benzene ring substituents is 2. The highest BCUT2D eigenvalue weighted by Gasteiger charge is 2.09. The summed E-state index contributed by atoms with van der Waals surface area (Å²) < 4.78 is 0. The molecule has 0 saturated carbocycles. The molecule has 3 aromatic carbocycles. The first-order valence-corrected chi connectivity index (χ1v) is 16.3. The Morgan fingerprint density at radius 3 is 1.58 bits per heavy atom. The fourth-order valence-electron chi connectivity index (χ4n) is 4.83. The summed E-state index contributed by atoms with van der Waals surface area (Å²) in [5.74, 6) is 0. The van der Waals surface area contributed by atoms with Gasteiger partial charge in [-0.15, -0.1) is 0 Å². The zero-order chi connectivity index (χ0) is 32.9. The van der Waals surface area contributed by atoms with E-state index in [1.807, 2.05) is 6.07 Å². The van der Waals surface area contributed by atoms with Crippen molar-refractivity contribution >= 4 is 34.1 Å². The van der Waals surface area contributed by atoms with E-state index in [0.29, 0.717) is 11.4 Å². The number of aryl methyl sites for hydroxylation is 1. The van der Waals surface area contributed by atoms with Crippen LogP contribution >= 0.6 is 0 Å². The summed E-state index contributed by atoms with van der Waals surface area (Å²) in [5, 5.41) is 29.6. The first-order valence-electron chi connectivity index (χ1n) is 16.3. The van der Waals surface area contributed by atoms with E-state index in [4.69, 9.17) is 5.73 Å². The van der Waals surface area contributed by atoms with Gasteiger partial charge in [0.05, 0.1) is 21.2 Å². The van der Waals surface area contributed by atoms with Crippen molar-refractivity contribution in [3.63, 3.8) is 0 Å². The van der Waals surface area contributed by atoms with Crippen LogP contribution in [-0.4, -0.2) is 22.9 Å².